The van der Waals surface area contributed by atoms with Gasteiger partial charge in [0.2, 0.25) is 17.6 Å². The van der Waals surface area contributed by atoms with Crippen molar-refractivity contribution in [2.75, 3.05) is 14.2 Å². The molecule has 2 amide bonds. The minimum absolute atomic E-state index is 0.136. The van der Waals surface area contributed by atoms with Gasteiger partial charge in [-0.25, -0.2) is 0 Å². The largest absolute Gasteiger partial charge is 0.493 e. The molecule has 1 N–H and O–H groups in total. The SMILES string of the molecule is COc1ccc(-c2nnn(CC(=O)N(Cc3ccco3)[C@H](CC(C)C)C(=O)NC3CCCC3)n2)cc1OC. The molecule has 1 atom stereocenters. The molecule has 0 spiro atoms. The molecule has 1 aromatic carbocycles. The normalized spacial score (nSPS) is 14.4. The second-order valence-corrected chi connectivity index (χ2v) is 9.95. The van der Waals surface area contributed by atoms with Crippen molar-refractivity contribution < 1.29 is 23.5 Å². The predicted molar refractivity (Wildman–Crippen MR) is 139 cm³/mol. The van der Waals surface area contributed by atoms with Gasteiger partial charge in [-0.15, -0.1) is 10.2 Å². The molecule has 1 saturated carbocycles. The van der Waals surface area contributed by atoms with Gasteiger partial charge in [0.25, 0.3) is 0 Å². The summed E-state index contributed by atoms with van der Waals surface area (Å²) in [4.78, 5) is 29.9. The highest BCUT2D eigenvalue weighted by atomic mass is 16.5. The van der Waals surface area contributed by atoms with Gasteiger partial charge in [0.1, 0.15) is 18.3 Å². The average molecular weight is 525 g/mol. The summed E-state index contributed by atoms with van der Waals surface area (Å²) in [5, 5.41) is 15.8. The van der Waals surface area contributed by atoms with E-state index in [2.05, 4.69) is 20.7 Å². The number of carbonyl (C=O) groups excluding carboxylic acids is 2. The minimum Gasteiger partial charge on any atom is -0.493 e. The smallest absolute Gasteiger partial charge is 0.247 e. The predicted octanol–water partition coefficient (Wildman–Crippen LogP) is 3.45. The van der Waals surface area contributed by atoms with Gasteiger partial charge in [-0.2, -0.15) is 4.80 Å². The number of tetrazole rings is 1. The number of methoxy groups -OCH3 is 2. The zero-order valence-corrected chi connectivity index (χ0v) is 22.4. The number of hydrogen-bond donors (Lipinski definition) is 1. The van der Waals surface area contributed by atoms with Crippen molar-refractivity contribution in [1.29, 1.82) is 0 Å². The van der Waals surface area contributed by atoms with Crippen LogP contribution in [0.3, 0.4) is 0 Å². The number of hydrogen-bond acceptors (Lipinski definition) is 8. The third-order valence-electron chi connectivity index (χ3n) is 6.67. The summed E-state index contributed by atoms with van der Waals surface area (Å²) in [6, 6.07) is 8.36. The molecule has 204 valence electrons. The average Bonchev–Trinajstić information content (AvgIpc) is 3.69. The molecule has 1 fully saturated rings. The lowest BCUT2D eigenvalue weighted by Gasteiger charge is -2.32. The van der Waals surface area contributed by atoms with E-state index in [0.717, 1.165) is 25.7 Å². The molecule has 4 rings (SSSR count). The van der Waals surface area contributed by atoms with Crippen molar-refractivity contribution in [2.24, 2.45) is 5.92 Å². The maximum Gasteiger partial charge on any atom is 0.247 e. The number of nitrogens with one attached hydrogen (secondary N) is 1. The molecule has 1 aliphatic rings. The van der Waals surface area contributed by atoms with Crippen LogP contribution in [-0.4, -0.2) is 63.2 Å². The number of amides is 2. The Labute approximate surface area is 222 Å². The molecule has 0 radical (unpaired) electrons. The van der Waals surface area contributed by atoms with E-state index in [1.807, 2.05) is 13.8 Å². The van der Waals surface area contributed by atoms with Gasteiger partial charge in [0, 0.05) is 11.6 Å². The van der Waals surface area contributed by atoms with E-state index >= 15 is 0 Å². The van der Waals surface area contributed by atoms with E-state index in [1.54, 1.807) is 55.7 Å². The topological polar surface area (TPSA) is 125 Å². The fourth-order valence-electron chi connectivity index (χ4n) is 4.75. The summed E-state index contributed by atoms with van der Waals surface area (Å²) in [5.41, 5.74) is 0.669. The van der Waals surface area contributed by atoms with Gasteiger partial charge in [-0.1, -0.05) is 26.7 Å². The number of ether oxygens (including phenoxy) is 2. The van der Waals surface area contributed by atoms with Gasteiger partial charge in [-0.05, 0) is 60.7 Å². The van der Waals surface area contributed by atoms with Crippen LogP contribution in [0.25, 0.3) is 11.4 Å². The Bertz CT molecular complexity index is 1200. The third-order valence-corrected chi connectivity index (χ3v) is 6.67. The van der Waals surface area contributed by atoms with Crippen molar-refractivity contribution in [3.05, 3.63) is 42.4 Å². The molecule has 0 bridgehead atoms. The van der Waals surface area contributed by atoms with E-state index in [-0.39, 0.29) is 36.9 Å². The molecular formula is C27H36N6O5. The van der Waals surface area contributed by atoms with Crippen molar-refractivity contribution in [2.45, 2.75) is 71.1 Å². The van der Waals surface area contributed by atoms with E-state index in [9.17, 15) is 9.59 Å². The van der Waals surface area contributed by atoms with Gasteiger partial charge in [0.15, 0.2) is 11.5 Å². The molecule has 0 aliphatic heterocycles. The summed E-state index contributed by atoms with van der Waals surface area (Å²) in [7, 11) is 3.11. The summed E-state index contributed by atoms with van der Waals surface area (Å²) < 4.78 is 16.2. The van der Waals surface area contributed by atoms with Crippen LogP contribution in [0.5, 0.6) is 11.5 Å². The zero-order valence-electron chi connectivity index (χ0n) is 22.4. The molecule has 2 aromatic heterocycles. The first-order valence-corrected chi connectivity index (χ1v) is 13.0. The number of nitrogens with zero attached hydrogens (tertiary/aromatic N) is 5. The second kappa shape index (κ2) is 12.6. The zero-order chi connectivity index (χ0) is 27.1. The van der Waals surface area contributed by atoms with Gasteiger partial charge >= 0.3 is 0 Å². The number of furan rings is 1. The number of benzene rings is 1. The lowest BCUT2D eigenvalue weighted by Crippen LogP contribution is -2.52. The van der Waals surface area contributed by atoms with Crippen molar-refractivity contribution in [3.63, 3.8) is 0 Å². The fourth-order valence-corrected chi connectivity index (χ4v) is 4.75. The Balaban J connectivity index is 1.55. The first kappa shape index (κ1) is 27.2. The summed E-state index contributed by atoms with van der Waals surface area (Å²) in [5.74, 6) is 1.81. The van der Waals surface area contributed by atoms with Crippen LogP contribution in [0.1, 0.15) is 51.7 Å². The Kier molecular flexibility index (Phi) is 8.98. The minimum atomic E-state index is -0.651. The first-order chi connectivity index (χ1) is 18.4. The number of carbonyl (C=O) groups is 2. The Morgan fingerprint density at radius 3 is 2.58 bits per heavy atom. The van der Waals surface area contributed by atoms with E-state index in [1.165, 1.54) is 4.80 Å². The third kappa shape index (κ3) is 6.70. The lowest BCUT2D eigenvalue weighted by atomic mass is 10.0. The van der Waals surface area contributed by atoms with Crippen molar-refractivity contribution in [3.8, 4) is 22.9 Å². The maximum absolute atomic E-state index is 13.7. The van der Waals surface area contributed by atoms with E-state index in [0.29, 0.717) is 35.1 Å². The fraction of sp³-hybridized carbons (Fsp3) is 0.519. The molecule has 0 unspecified atom stereocenters. The molecule has 3 aromatic rings. The Hall–Kier alpha value is -3.89. The highest BCUT2D eigenvalue weighted by Gasteiger charge is 2.33. The molecule has 11 nitrogen and oxygen atoms in total. The van der Waals surface area contributed by atoms with Crippen LogP contribution in [-0.2, 0) is 22.7 Å². The molecule has 11 heteroatoms. The summed E-state index contributed by atoms with van der Waals surface area (Å²) in [6.45, 7) is 4.07. The van der Waals surface area contributed by atoms with Crippen molar-refractivity contribution in [1.82, 2.24) is 30.4 Å². The maximum atomic E-state index is 13.7. The summed E-state index contributed by atoms with van der Waals surface area (Å²) in [6.07, 6.45) is 6.22. The van der Waals surface area contributed by atoms with Gasteiger partial charge in [0.05, 0.1) is 27.0 Å². The van der Waals surface area contributed by atoms with E-state index < -0.39 is 6.04 Å². The van der Waals surface area contributed by atoms with E-state index in [4.69, 9.17) is 13.9 Å². The standard InChI is InChI=1S/C27H36N6O5/c1-18(2)14-22(27(35)28-20-8-5-6-9-20)32(16-21-10-7-13-38-21)25(34)17-33-30-26(29-31-33)19-11-12-23(36-3)24(15-19)37-4/h7,10-13,15,18,20,22H,5-6,8-9,14,16-17H2,1-4H3,(H,28,35)/t22-/m1/s1. The first-order valence-electron chi connectivity index (χ1n) is 13.0. The number of aromatic nitrogens is 4. The van der Waals surface area contributed by atoms with Crippen LogP contribution in [0.2, 0.25) is 0 Å². The lowest BCUT2D eigenvalue weighted by molar-refractivity contribution is -0.143. The molecule has 2 heterocycles. The van der Waals surface area contributed by atoms with Crippen LogP contribution in [0, 0.1) is 5.92 Å². The number of rotatable bonds is 12. The molecule has 1 aliphatic carbocycles. The quantitative estimate of drug-likeness (QED) is 0.382. The van der Waals surface area contributed by atoms with Gasteiger partial charge < -0.3 is 24.1 Å². The highest BCUT2D eigenvalue weighted by Crippen LogP contribution is 2.30. The van der Waals surface area contributed by atoms with Crippen molar-refractivity contribution >= 4 is 11.8 Å². The second-order valence-electron chi connectivity index (χ2n) is 9.95. The summed E-state index contributed by atoms with van der Waals surface area (Å²) >= 11 is 0. The van der Waals surface area contributed by atoms with Crippen LogP contribution >= 0.6 is 0 Å². The monoisotopic (exact) mass is 524 g/mol. The highest BCUT2D eigenvalue weighted by molar-refractivity contribution is 5.87. The molecular weight excluding hydrogens is 488 g/mol. The Morgan fingerprint density at radius 1 is 1.16 bits per heavy atom. The van der Waals surface area contributed by atoms with Crippen LogP contribution in [0.15, 0.2) is 41.0 Å². The Morgan fingerprint density at radius 2 is 1.92 bits per heavy atom. The van der Waals surface area contributed by atoms with Crippen LogP contribution in [0.4, 0.5) is 0 Å². The van der Waals surface area contributed by atoms with Crippen LogP contribution < -0.4 is 14.8 Å². The molecule has 0 saturated heterocycles. The molecule has 38 heavy (non-hydrogen) atoms. The van der Waals surface area contributed by atoms with Gasteiger partial charge in [-0.3, -0.25) is 9.59 Å².